The van der Waals surface area contributed by atoms with Crippen molar-refractivity contribution in [2.24, 2.45) is 0 Å². The van der Waals surface area contributed by atoms with E-state index in [1.165, 1.54) is 7.11 Å². The van der Waals surface area contributed by atoms with Crippen LogP contribution in [0.3, 0.4) is 0 Å². The Balaban J connectivity index is 0.000000260. The van der Waals surface area contributed by atoms with Crippen LogP contribution in [0.1, 0.15) is 31.8 Å². The highest BCUT2D eigenvalue weighted by atomic mass is 79.9. The van der Waals surface area contributed by atoms with E-state index in [0.717, 1.165) is 14.5 Å². The molecular weight excluding hydrogens is 472 g/mol. The average molecular weight is 490 g/mol. The number of carboxylic acid groups (broad SMARTS) is 1. The highest BCUT2D eigenvalue weighted by Gasteiger charge is 2.08. The number of methoxy groups -OCH3 is 2. The number of halogens is 2. The van der Waals surface area contributed by atoms with Gasteiger partial charge in [-0.2, -0.15) is 0 Å². The highest BCUT2D eigenvalue weighted by Crippen LogP contribution is 2.19. The Hall–Kier alpha value is -1.74. The predicted molar refractivity (Wildman–Crippen MR) is 103 cm³/mol. The first-order valence-electron chi connectivity index (χ1n) is 7.32. The van der Waals surface area contributed by atoms with E-state index in [4.69, 9.17) is 14.9 Å². The van der Waals surface area contributed by atoms with Crippen LogP contribution in [0.4, 0.5) is 0 Å². The van der Waals surface area contributed by atoms with Crippen molar-refractivity contribution in [3.05, 3.63) is 67.6 Å². The minimum Gasteiger partial charge on any atom is -0.478 e. The van der Waals surface area contributed by atoms with Crippen molar-refractivity contribution in [3.8, 4) is 0 Å². The molecule has 0 bridgehead atoms. The van der Waals surface area contributed by atoms with Crippen LogP contribution >= 0.6 is 31.9 Å². The fraction of sp³-hybridized carbons (Fsp3) is 0.222. The minimum absolute atomic E-state index is 0.106. The number of benzene rings is 2. The van der Waals surface area contributed by atoms with E-state index in [0.29, 0.717) is 17.7 Å². The molecule has 2 rings (SSSR count). The number of esters is 1. The number of aliphatic hydroxyl groups is 1. The van der Waals surface area contributed by atoms with Crippen LogP contribution in [0, 0.1) is 0 Å². The minimum atomic E-state index is -0.926. The van der Waals surface area contributed by atoms with Gasteiger partial charge >= 0.3 is 11.9 Å². The Morgan fingerprint density at radius 2 is 1.50 bits per heavy atom. The van der Waals surface area contributed by atoms with E-state index in [1.807, 2.05) is 0 Å². The standard InChI is InChI=1S/2C9H9BrO3/c1-13-5-7-4-6(9(11)12)2-3-8(7)10;1-13-9(12)6-2-3-8(10)7(4-6)5-11/h2-4H,5H2,1H3,(H,11,12);2-4,11H,5H2,1H3. The molecule has 0 heterocycles. The molecule has 0 atom stereocenters. The smallest absolute Gasteiger partial charge is 0.337 e. The van der Waals surface area contributed by atoms with Gasteiger partial charge < -0.3 is 19.7 Å². The highest BCUT2D eigenvalue weighted by molar-refractivity contribution is 9.10. The maximum absolute atomic E-state index is 11.1. The van der Waals surface area contributed by atoms with E-state index in [9.17, 15) is 9.59 Å². The molecule has 6 nitrogen and oxygen atoms in total. The number of aromatic carboxylic acids is 1. The van der Waals surface area contributed by atoms with Crippen LogP contribution in [0.15, 0.2) is 45.3 Å². The summed E-state index contributed by atoms with van der Waals surface area (Å²) in [7, 11) is 2.89. The molecule has 0 aromatic heterocycles. The van der Waals surface area contributed by atoms with Crippen molar-refractivity contribution >= 4 is 43.8 Å². The van der Waals surface area contributed by atoms with Gasteiger partial charge in [0.2, 0.25) is 0 Å². The molecule has 0 aliphatic carbocycles. The average Bonchev–Trinajstić information content (AvgIpc) is 2.63. The lowest BCUT2D eigenvalue weighted by molar-refractivity contribution is 0.0599. The monoisotopic (exact) mass is 488 g/mol. The Morgan fingerprint density at radius 1 is 0.962 bits per heavy atom. The second-order valence-corrected chi connectivity index (χ2v) is 6.71. The molecule has 0 fully saturated rings. The first-order valence-corrected chi connectivity index (χ1v) is 8.90. The number of carbonyl (C=O) groups is 2. The van der Waals surface area contributed by atoms with Crippen molar-refractivity contribution in [2.75, 3.05) is 14.2 Å². The zero-order valence-electron chi connectivity index (χ0n) is 14.2. The molecule has 140 valence electrons. The Bertz CT molecular complexity index is 776. The van der Waals surface area contributed by atoms with Gasteiger partial charge in [0.25, 0.3) is 0 Å². The number of carboxylic acids is 1. The second-order valence-electron chi connectivity index (χ2n) is 5.00. The van der Waals surface area contributed by atoms with Crippen LogP contribution < -0.4 is 0 Å². The van der Waals surface area contributed by atoms with Gasteiger partial charge in [-0.3, -0.25) is 0 Å². The lowest BCUT2D eigenvalue weighted by atomic mass is 10.1. The van der Waals surface area contributed by atoms with Crippen LogP contribution in [-0.2, 0) is 22.7 Å². The van der Waals surface area contributed by atoms with Crippen LogP contribution in [0.5, 0.6) is 0 Å². The van der Waals surface area contributed by atoms with Gasteiger partial charge in [-0.1, -0.05) is 31.9 Å². The van der Waals surface area contributed by atoms with Gasteiger partial charge in [-0.25, -0.2) is 9.59 Å². The van der Waals surface area contributed by atoms with Crippen LogP contribution in [-0.4, -0.2) is 36.4 Å². The van der Waals surface area contributed by atoms with Crippen molar-refractivity contribution in [2.45, 2.75) is 13.2 Å². The lowest BCUT2D eigenvalue weighted by Crippen LogP contribution is -2.02. The topological polar surface area (TPSA) is 93.1 Å². The number of aliphatic hydroxyl groups excluding tert-OH is 1. The lowest BCUT2D eigenvalue weighted by Gasteiger charge is -2.03. The molecule has 8 heteroatoms. The Kier molecular flexibility index (Phi) is 9.50. The molecule has 2 N–H and O–H groups in total. The number of carbonyl (C=O) groups excluding carboxylic acids is 1. The SMILES string of the molecule is COC(=O)c1ccc(Br)c(CO)c1.COCc1cc(C(=O)O)ccc1Br. The third-order valence-electron chi connectivity index (χ3n) is 3.23. The molecule has 0 unspecified atom stereocenters. The van der Waals surface area contributed by atoms with Gasteiger partial charge in [-0.15, -0.1) is 0 Å². The van der Waals surface area contributed by atoms with Gasteiger partial charge in [0.05, 0.1) is 31.5 Å². The summed E-state index contributed by atoms with van der Waals surface area (Å²) < 4.78 is 11.1. The first-order chi connectivity index (χ1) is 12.3. The first kappa shape index (κ1) is 22.3. The Labute approximate surface area is 168 Å². The second kappa shape index (κ2) is 11.1. The van der Waals surface area contributed by atoms with Crippen molar-refractivity contribution in [1.29, 1.82) is 0 Å². The van der Waals surface area contributed by atoms with E-state index in [-0.39, 0.29) is 12.2 Å². The van der Waals surface area contributed by atoms with Crippen LogP contribution in [0.25, 0.3) is 0 Å². The van der Waals surface area contributed by atoms with Crippen molar-refractivity contribution < 1.29 is 29.3 Å². The van der Waals surface area contributed by atoms with E-state index >= 15 is 0 Å². The van der Waals surface area contributed by atoms with Gasteiger partial charge in [-0.05, 0) is 47.5 Å². The molecule has 0 aliphatic rings. The summed E-state index contributed by atoms with van der Waals surface area (Å²) >= 11 is 6.56. The van der Waals surface area contributed by atoms with Gasteiger partial charge in [0.15, 0.2) is 0 Å². The summed E-state index contributed by atoms with van der Waals surface area (Å²) in [6, 6.07) is 9.78. The summed E-state index contributed by atoms with van der Waals surface area (Å²) in [5.74, 6) is -1.33. The molecule has 0 spiro atoms. The molecule has 2 aromatic carbocycles. The zero-order valence-corrected chi connectivity index (χ0v) is 17.3. The summed E-state index contributed by atoms with van der Waals surface area (Å²) in [4.78, 5) is 21.7. The summed E-state index contributed by atoms with van der Waals surface area (Å²) in [5, 5.41) is 17.6. The quantitative estimate of drug-likeness (QED) is 0.616. The number of ether oxygens (including phenoxy) is 2. The van der Waals surface area contributed by atoms with Crippen molar-refractivity contribution in [3.63, 3.8) is 0 Å². The normalized spacial score (nSPS) is 9.88. The number of rotatable bonds is 5. The maximum atomic E-state index is 11.1. The predicted octanol–water partition coefficient (Wildman–Crippen LogP) is 4.02. The molecule has 2 aromatic rings. The summed E-state index contributed by atoms with van der Waals surface area (Å²) in [6.07, 6.45) is 0. The molecule has 0 radical (unpaired) electrons. The summed E-state index contributed by atoms with van der Waals surface area (Å²) in [6.45, 7) is 0.299. The van der Waals surface area contributed by atoms with Crippen molar-refractivity contribution in [1.82, 2.24) is 0 Å². The fourth-order valence-electron chi connectivity index (χ4n) is 1.91. The Morgan fingerprint density at radius 3 is 2.00 bits per heavy atom. The maximum Gasteiger partial charge on any atom is 0.337 e. The number of hydrogen-bond acceptors (Lipinski definition) is 5. The molecule has 0 aliphatic heterocycles. The van der Waals surface area contributed by atoms with Gasteiger partial charge in [0.1, 0.15) is 0 Å². The third-order valence-corrected chi connectivity index (χ3v) is 4.78. The molecule has 26 heavy (non-hydrogen) atoms. The molecule has 0 amide bonds. The van der Waals surface area contributed by atoms with E-state index < -0.39 is 11.9 Å². The largest absolute Gasteiger partial charge is 0.478 e. The molecule has 0 saturated heterocycles. The molecule has 0 saturated carbocycles. The van der Waals surface area contributed by atoms with Crippen LogP contribution in [0.2, 0.25) is 0 Å². The third kappa shape index (κ3) is 6.53. The molecular formula is C18H18Br2O6. The van der Waals surface area contributed by atoms with E-state index in [1.54, 1.807) is 43.5 Å². The van der Waals surface area contributed by atoms with Gasteiger partial charge in [0, 0.05) is 16.1 Å². The fourth-order valence-corrected chi connectivity index (χ4v) is 2.65. The summed E-state index contributed by atoms with van der Waals surface area (Å²) in [5.41, 5.74) is 2.22. The zero-order chi connectivity index (χ0) is 19.7. The van der Waals surface area contributed by atoms with E-state index in [2.05, 4.69) is 36.6 Å². The number of hydrogen-bond donors (Lipinski definition) is 2.